The lowest BCUT2D eigenvalue weighted by atomic mass is 9.97. The Bertz CT molecular complexity index is 1300. The standard InChI is InChI=1S/C28H26N4S/c1-19-20(2)31(3)28(30-25(19)27-29-23-17-11-12-18-24(23)33-27)32(4)26(21-13-7-5-8-14-21)22-15-9-6-10-16-22/h5-18,26H,2H2,1,3-4H3. The number of fused-ring (bicyclic) bond motifs is 1. The molecule has 0 amide bonds. The molecular formula is C28H26N4S. The van der Waals surface area contributed by atoms with Gasteiger partial charge in [0.25, 0.3) is 0 Å². The molecule has 1 aliphatic rings. The van der Waals surface area contributed by atoms with Crippen molar-refractivity contribution in [1.82, 2.24) is 14.8 Å². The van der Waals surface area contributed by atoms with Gasteiger partial charge in [0.15, 0.2) is 0 Å². The third-order valence-electron chi connectivity index (χ3n) is 6.13. The number of thiazole rings is 1. The van der Waals surface area contributed by atoms with E-state index < -0.39 is 0 Å². The second-order valence-electron chi connectivity index (χ2n) is 8.21. The van der Waals surface area contributed by atoms with Crippen LogP contribution in [0.2, 0.25) is 0 Å². The number of aliphatic imine (C=N–C) groups is 1. The zero-order chi connectivity index (χ0) is 22.9. The lowest BCUT2D eigenvalue weighted by Gasteiger charge is -2.38. The molecule has 1 aliphatic heterocycles. The minimum Gasteiger partial charge on any atom is -0.334 e. The number of allylic oxidation sites excluding steroid dienone is 1. The zero-order valence-electron chi connectivity index (χ0n) is 19.1. The number of rotatable bonds is 4. The molecule has 164 valence electrons. The molecule has 0 N–H and O–H groups in total. The monoisotopic (exact) mass is 450 g/mol. The number of nitrogens with zero attached hydrogens (tertiary/aromatic N) is 4. The second-order valence-corrected chi connectivity index (χ2v) is 9.24. The largest absolute Gasteiger partial charge is 0.334 e. The summed E-state index contributed by atoms with van der Waals surface area (Å²) in [6.07, 6.45) is 0. The lowest BCUT2D eigenvalue weighted by Crippen LogP contribution is -2.43. The summed E-state index contributed by atoms with van der Waals surface area (Å²) in [5.74, 6) is 0.845. The molecule has 3 aromatic carbocycles. The van der Waals surface area contributed by atoms with Gasteiger partial charge >= 0.3 is 0 Å². The van der Waals surface area contributed by atoms with Gasteiger partial charge in [-0.25, -0.2) is 9.98 Å². The number of para-hydroxylation sites is 1. The third kappa shape index (κ3) is 3.85. The van der Waals surface area contributed by atoms with Crippen LogP contribution >= 0.6 is 11.3 Å². The summed E-state index contributed by atoms with van der Waals surface area (Å²) in [6, 6.07) is 29.3. The Morgan fingerprint density at radius 2 is 1.45 bits per heavy atom. The number of likely N-dealkylation sites (N-methyl/N-ethyl adjacent to an activating group) is 1. The Morgan fingerprint density at radius 3 is 2.06 bits per heavy atom. The van der Waals surface area contributed by atoms with E-state index in [1.54, 1.807) is 11.3 Å². The van der Waals surface area contributed by atoms with Crippen molar-refractivity contribution in [1.29, 1.82) is 0 Å². The van der Waals surface area contributed by atoms with Gasteiger partial charge < -0.3 is 9.80 Å². The lowest BCUT2D eigenvalue weighted by molar-refractivity contribution is 0.374. The van der Waals surface area contributed by atoms with E-state index in [1.807, 2.05) is 25.2 Å². The van der Waals surface area contributed by atoms with Gasteiger partial charge in [-0.05, 0) is 30.2 Å². The van der Waals surface area contributed by atoms with Gasteiger partial charge in [-0.3, -0.25) is 0 Å². The van der Waals surface area contributed by atoms with E-state index in [2.05, 4.69) is 97.1 Å². The van der Waals surface area contributed by atoms with Crippen LogP contribution in [-0.4, -0.2) is 34.8 Å². The minimum atomic E-state index is 0.0106. The number of benzene rings is 3. The highest BCUT2D eigenvalue weighted by atomic mass is 32.1. The van der Waals surface area contributed by atoms with E-state index in [9.17, 15) is 0 Å². The molecule has 0 bridgehead atoms. The Morgan fingerprint density at radius 1 is 0.879 bits per heavy atom. The van der Waals surface area contributed by atoms with Crippen molar-refractivity contribution in [2.45, 2.75) is 13.0 Å². The molecule has 0 radical (unpaired) electrons. The van der Waals surface area contributed by atoms with Crippen LogP contribution in [0.1, 0.15) is 29.1 Å². The normalized spacial score (nSPS) is 14.2. The van der Waals surface area contributed by atoms with Crippen molar-refractivity contribution in [3.8, 4) is 0 Å². The smallest absolute Gasteiger partial charge is 0.206 e. The van der Waals surface area contributed by atoms with Crippen LogP contribution in [0.3, 0.4) is 0 Å². The van der Waals surface area contributed by atoms with Gasteiger partial charge in [-0.2, -0.15) is 0 Å². The van der Waals surface area contributed by atoms with Gasteiger partial charge in [0, 0.05) is 25.4 Å². The molecule has 5 heteroatoms. The van der Waals surface area contributed by atoms with Crippen molar-refractivity contribution in [3.05, 3.63) is 119 Å². The maximum Gasteiger partial charge on any atom is 0.206 e. The fourth-order valence-electron chi connectivity index (χ4n) is 4.29. The summed E-state index contributed by atoms with van der Waals surface area (Å²) in [5, 5.41) is 0.921. The van der Waals surface area contributed by atoms with Gasteiger partial charge in [0.05, 0.1) is 16.3 Å². The molecule has 0 saturated carbocycles. The van der Waals surface area contributed by atoms with Crippen molar-refractivity contribution in [2.75, 3.05) is 14.1 Å². The summed E-state index contributed by atoms with van der Waals surface area (Å²) >= 11 is 1.67. The van der Waals surface area contributed by atoms with Crippen molar-refractivity contribution >= 4 is 33.2 Å². The molecule has 0 fully saturated rings. The Kier molecular flexibility index (Phi) is 5.56. The molecule has 4 aromatic rings. The Labute approximate surface area is 198 Å². The van der Waals surface area contributed by atoms with Gasteiger partial charge in [-0.1, -0.05) is 79.4 Å². The highest BCUT2D eigenvalue weighted by Gasteiger charge is 2.30. The highest BCUT2D eigenvalue weighted by Crippen LogP contribution is 2.37. The predicted molar refractivity (Wildman–Crippen MR) is 139 cm³/mol. The first-order valence-corrected chi connectivity index (χ1v) is 11.8. The number of guanidine groups is 1. The Balaban J connectivity index is 1.62. The number of hydrogen-bond donors (Lipinski definition) is 0. The van der Waals surface area contributed by atoms with E-state index in [0.717, 1.165) is 38.2 Å². The minimum absolute atomic E-state index is 0.0106. The van der Waals surface area contributed by atoms with Gasteiger partial charge in [0.1, 0.15) is 10.7 Å². The summed E-state index contributed by atoms with van der Waals surface area (Å²) in [6.45, 7) is 6.46. The van der Waals surface area contributed by atoms with Crippen LogP contribution in [-0.2, 0) is 0 Å². The van der Waals surface area contributed by atoms with E-state index in [4.69, 9.17) is 9.98 Å². The van der Waals surface area contributed by atoms with E-state index >= 15 is 0 Å². The molecule has 0 atom stereocenters. The molecular weight excluding hydrogens is 424 g/mol. The van der Waals surface area contributed by atoms with E-state index in [-0.39, 0.29) is 6.04 Å². The van der Waals surface area contributed by atoms with Crippen LogP contribution in [0.15, 0.2) is 108 Å². The van der Waals surface area contributed by atoms with Crippen LogP contribution in [0.4, 0.5) is 0 Å². The van der Waals surface area contributed by atoms with Gasteiger partial charge in [-0.15, -0.1) is 11.3 Å². The fraction of sp³-hybridized carbons (Fsp3) is 0.143. The first-order chi connectivity index (χ1) is 16.0. The fourth-order valence-corrected chi connectivity index (χ4v) is 5.30. The maximum absolute atomic E-state index is 5.17. The van der Waals surface area contributed by atoms with Crippen molar-refractivity contribution < 1.29 is 0 Å². The highest BCUT2D eigenvalue weighted by molar-refractivity contribution is 7.19. The molecule has 33 heavy (non-hydrogen) atoms. The van der Waals surface area contributed by atoms with E-state index in [0.29, 0.717) is 0 Å². The van der Waals surface area contributed by atoms with E-state index in [1.165, 1.54) is 11.1 Å². The number of hydrogen-bond acceptors (Lipinski definition) is 5. The average Bonchev–Trinajstić information content (AvgIpc) is 3.28. The summed E-state index contributed by atoms with van der Waals surface area (Å²) in [7, 11) is 4.13. The molecule has 2 heterocycles. The SMILES string of the molecule is C=C1C(C)=C(c2nc3ccccc3s2)N=C(N(C)C(c2ccccc2)c2ccccc2)N1C. The third-order valence-corrected chi connectivity index (χ3v) is 7.18. The van der Waals surface area contributed by atoms with Crippen LogP contribution in [0.25, 0.3) is 15.9 Å². The molecule has 0 unspecified atom stereocenters. The van der Waals surface area contributed by atoms with Crippen LogP contribution < -0.4 is 0 Å². The average molecular weight is 451 g/mol. The molecule has 1 aromatic heterocycles. The van der Waals surface area contributed by atoms with Crippen LogP contribution in [0, 0.1) is 0 Å². The number of aromatic nitrogens is 1. The quantitative estimate of drug-likeness (QED) is 0.353. The summed E-state index contributed by atoms with van der Waals surface area (Å²) < 4.78 is 1.16. The van der Waals surface area contributed by atoms with Crippen molar-refractivity contribution in [3.63, 3.8) is 0 Å². The topological polar surface area (TPSA) is 31.7 Å². The Hall–Kier alpha value is -3.70. The summed E-state index contributed by atoms with van der Waals surface area (Å²) in [5.41, 5.74) is 6.28. The first-order valence-electron chi connectivity index (χ1n) is 11.0. The molecule has 0 aliphatic carbocycles. The van der Waals surface area contributed by atoms with Crippen molar-refractivity contribution in [2.24, 2.45) is 4.99 Å². The van der Waals surface area contributed by atoms with Gasteiger partial charge in [0.2, 0.25) is 5.96 Å². The summed E-state index contributed by atoms with van der Waals surface area (Å²) in [4.78, 5) is 14.3. The second kappa shape index (κ2) is 8.68. The zero-order valence-corrected chi connectivity index (χ0v) is 19.9. The molecule has 4 nitrogen and oxygen atoms in total. The maximum atomic E-state index is 5.17. The molecule has 5 rings (SSSR count). The first kappa shape index (κ1) is 21.2. The molecule has 0 saturated heterocycles. The predicted octanol–water partition coefficient (Wildman–Crippen LogP) is 6.56. The molecule has 0 spiro atoms. The van der Waals surface area contributed by atoms with Crippen LogP contribution in [0.5, 0.6) is 0 Å².